The van der Waals surface area contributed by atoms with Gasteiger partial charge in [-0.2, -0.15) is 5.26 Å². The molecule has 0 saturated carbocycles. The zero-order chi connectivity index (χ0) is 29.9. The molecule has 0 radical (unpaired) electrons. The molecule has 0 spiro atoms. The van der Waals surface area contributed by atoms with Crippen molar-refractivity contribution in [3.05, 3.63) is 53.3 Å². The molecule has 1 atom stereocenters. The number of aryl methyl sites for hydroxylation is 2. The largest absolute Gasteiger partial charge is 0.405 e. The van der Waals surface area contributed by atoms with E-state index in [2.05, 4.69) is 16.0 Å². The first-order chi connectivity index (χ1) is 20.2. The zero-order valence-electron chi connectivity index (χ0n) is 23.2. The number of primary amides is 1. The van der Waals surface area contributed by atoms with Crippen molar-refractivity contribution in [1.82, 2.24) is 14.9 Å². The van der Waals surface area contributed by atoms with Crippen molar-refractivity contribution >= 4 is 34.8 Å². The van der Waals surface area contributed by atoms with Crippen molar-refractivity contribution < 1.29 is 28.6 Å². The lowest BCUT2D eigenvalue weighted by Gasteiger charge is -2.49. The quantitative estimate of drug-likeness (QED) is 0.186. The SMILES string of the molecule is Cc1cc(-c2sc(N3CCN(C4CCOCC4)CC3(OC=O)OC(=O)C(N)=O)nc2-c2cccc(C#N)c2)cc(C)n1. The zero-order valence-corrected chi connectivity index (χ0v) is 24.1. The number of carbonyl (C=O) groups excluding carboxylic acids is 3. The number of piperazine rings is 1. The number of benzene rings is 1. The Morgan fingerprint density at radius 2 is 1.88 bits per heavy atom. The monoisotopic (exact) mass is 590 g/mol. The summed E-state index contributed by atoms with van der Waals surface area (Å²) in [7, 11) is 0. The van der Waals surface area contributed by atoms with Crippen LogP contribution in [-0.4, -0.2) is 78.0 Å². The minimum Gasteiger partial charge on any atom is -0.405 e. The molecule has 2 aliphatic heterocycles. The van der Waals surface area contributed by atoms with Crippen LogP contribution in [0.25, 0.3) is 21.7 Å². The molecule has 5 rings (SSSR count). The fourth-order valence-electron chi connectivity index (χ4n) is 5.42. The molecular weight excluding hydrogens is 560 g/mol. The topological polar surface area (TPSA) is 161 Å². The lowest BCUT2D eigenvalue weighted by molar-refractivity contribution is -0.234. The average molecular weight is 591 g/mol. The molecule has 2 aliphatic rings. The van der Waals surface area contributed by atoms with E-state index in [9.17, 15) is 19.6 Å². The van der Waals surface area contributed by atoms with E-state index in [-0.39, 0.29) is 25.6 Å². The molecule has 218 valence electrons. The first kappa shape index (κ1) is 29.1. The number of aromatic nitrogens is 2. The Bertz CT molecular complexity index is 1530. The summed E-state index contributed by atoms with van der Waals surface area (Å²) >= 11 is 1.31. The summed E-state index contributed by atoms with van der Waals surface area (Å²) in [6, 6.07) is 13.2. The van der Waals surface area contributed by atoms with Gasteiger partial charge in [-0.05, 0) is 56.5 Å². The van der Waals surface area contributed by atoms with Crippen LogP contribution in [0.1, 0.15) is 29.8 Å². The summed E-state index contributed by atoms with van der Waals surface area (Å²) in [6.07, 6.45) is 1.50. The predicted molar refractivity (Wildman–Crippen MR) is 153 cm³/mol. The van der Waals surface area contributed by atoms with Crippen LogP contribution in [0.2, 0.25) is 0 Å². The third kappa shape index (κ3) is 5.96. The summed E-state index contributed by atoms with van der Waals surface area (Å²) < 4.78 is 16.7. The van der Waals surface area contributed by atoms with Gasteiger partial charge >= 0.3 is 17.8 Å². The maximum absolute atomic E-state index is 12.6. The predicted octanol–water partition coefficient (Wildman–Crippen LogP) is 2.52. The van der Waals surface area contributed by atoms with Crippen LogP contribution >= 0.6 is 11.3 Å². The van der Waals surface area contributed by atoms with Gasteiger partial charge in [-0.1, -0.05) is 23.5 Å². The molecular formula is C29H30N6O6S. The number of rotatable bonds is 7. The van der Waals surface area contributed by atoms with Crippen LogP contribution in [0.3, 0.4) is 0 Å². The number of hydrogen-bond acceptors (Lipinski definition) is 12. The Morgan fingerprint density at radius 3 is 2.55 bits per heavy atom. The van der Waals surface area contributed by atoms with Crippen LogP contribution in [0.5, 0.6) is 0 Å². The van der Waals surface area contributed by atoms with Gasteiger partial charge in [0.1, 0.15) is 0 Å². The summed E-state index contributed by atoms with van der Waals surface area (Å²) in [6.45, 7) is 5.93. The molecule has 0 aliphatic carbocycles. The molecule has 1 amide bonds. The number of nitriles is 1. The Hall–Kier alpha value is -4.38. The molecule has 3 aromatic rings. The van der Waals surface area contributed by atoms with Crippen molar-refractivity contribution in [1.29, 1.82) is 5.26 Å². The molecule has 42 heavy (non-hydrogen) atoms. The van der Waals surface area contributed by atoms with Gasteiger partial charge in [0.15, 0.2) is 5.13 Å². The fraction of sp³-hybridized carbons (Fsp3) is 0.379. The maximum Gasteiger partial charge on any atom is 0.401 e. The summed E-state index contributed by atoms with van der Waals surface area (Å²) in [5, 5.41) is 9.92. The molecule has 2 saturated heterocycles. The molecule has 1 unspecified atom stereocenters. The first-order valence-corrected chi connectivity index (χ1v) is 14.3. The maximum atomic E-state index is 12.6. The van der Waals surface area contributed by atoms with Crippen molar-refractivity contribution in [3.8, 4) is 27.8 Å². The number of nitrogens with two attached hydrogens (primary N) is 1. The van der Waals surface area contributed by atoms with Gasteiger partial charge in [0.2, 0.25) is 0 Å². The van der Waals surface area contributed by atoms with Gasteiger partial charge in [-0.3, -0.25) is 24.4 Å². The van der Waals surface area contributed by atoms with Gasteiger partial charge < -0.3 is 19.9 Å². The van der Waals surface area contributed by atoms with Crippen molar-refractivity contribution in [2.24, 2.45) is 5.73 Å². The van der Waals surface area contributed by atoms with E-state index < -0.39 is 17.8 Å². The Kier molecular flexibility index (Phi) is 8.49. The van der Waals surface area contributed by atoms with E-state index in [0.29, 0.717) is 41.7 Å². The highest BCUT2D eigenvalue weighted by atomic mass is 32.1. The Labute approximate surface area is 246 Å². The van der Waals surface area contributed by atoms with E-state index in [0.717, 1.165) is 34.7 Å². The Morgan fingerprint density at radius 1 is 1.14 bits per heavy atom. The normalized spacial score (nSPS) is 19.6. The van der Waals surface area contributed by atoms with Gasteiger partial charge in [-0.15, -0.1) is 0 Å². The fourth-order valence-corrected chi connectivity index (χ4v) is 6.58. The van der Waals surface area contributed by atoms with E-state index in [4.69, 9.17) is 24.9 Å². The minimum atomic E-state index is -2.00. The highest BCUT2D eigenvalue weighted by molar-refractivity contribution is 7.19. The number of amides is 1. The van der Waals surface area contributed by atoms with E-state index in [1.807, 2.05) is 32.0 Å². The van der Waals surface area contributed by atoms with Crippen molar-refractivity contribution in [2.45, 2.75) is 38.6 Å². The van der Waals surface area contributed by atoms with Crippen LogP contribution in [0, 0.1) is 25.2 Å². The van der Waals surface area contributed by atoms with E-state index in [1.165, 1.54) is 11.3 Å². The number of thiazole rings is 1. The second-order valence-electron chi connectivity index (χ2n) is 10.2. The van der Waals surface area contributed by atoms with E-state index >= 15 is 0 Å². The molecule has 12 nitrogen and oxygen atoms in total. The highest BCUT2D eigenvalue weighted by Crippen LogP contribution is 2.44. The van der Waals surface area contributed by atoms with Crippen LogP contribution in [0.15, 0.2) is 36.4 Å². The standard InChI is InChI=1S/C29H30N6O6S/c1-18-12-22(13-19(2)32-18)25-24(21-5-3-4-20(14-21)15-30)33-28(42-25)35-9-8-34(23-6-10-39-11-7-23)16-29(35,40-17-36)41-27(38)26(31)37/h3-5,12-14,17,23H,6-11,16H2,1-2H3,(H2,31,37). The van der Waals surface area contributed by atoms with Gasteiger partial charge in [0.05, 0.1) is 28.7 Å². The van der Waals surface area contributed by atoms with Crippen LogP contribution in [-0.2, 0) is 28.6 Å². The number of nitrogens with zero attached hydrogens (tertiary/aromatic N) is 5. The third-order valence-corrected chi connectivity index (χ3v) is 8.40. The van der Waals surface area contributed by atoms with Crippen molar-refractivity contribution in [3.63, 3.8) is 0 Å². The van der Waals surface area contributed by atoms with Gasteiger partial charge in [0, 0.05) is 49.3 Å². The number of anilines is 1. The summed E-state index contributed by atoms with van der Waals surface area (Å²) in [5.41, 5.74) is 9.50. The van der Waals surface area contributed by atoms with Crippen LogP contribution < -0.4 is 10.6 Å². The molecule has 0 bridgehead atoms. The molecule has 2 aromatic heterocycles. The first-order valence-electron chi connectivity index (χ1n) is 13.4. The molecule has 2 fully saturated rings. The number of ether oxygens (including phenoxy) is 3. The summed E-state index contributed by atoms with van der Waals surface area (Å²) in [5.74, 6) is -4.66. The highest BCUT2D eigenvalue weighted by Gasteiger charge is 2.51. The minimum absolute atomic E-state index is 0.0307. The number of esters is 1. The molecule has 2 N–H and O–H groups in total. The number of hydrogen-bond donors (Lipinski definition) is 1. The van der Waals surface area contributed by atoms with Gasteiger partial charge in [-0.25, -0.2) is 9.78 Å². The summed E-state index contributed by atoms with van der Waals surface area (Å²) in [4.78, 5) is 50.2. The third-order valence-electron chi connectivity index (χ3n) is 7.27. The number of pyridine rings is 1. The lowest BCUT2D eigenvalue weighted by atomic mass is 10.0. The lowest BCUT2D eigenvalue weighted by Crippen LogP contribution is -2.68. The number of carbonyl (C=O) groups is 3. The van der Waals surface area contributed by atoms with Crippen molar-refractivity contribution in [2.75, 3.05) is 37.7 Å². The van der Waals surface area contributed by atoms with E-state index in [1.54, 1.807) is 23.1 Å². The van der Waals surface area contributed by atoms with Gasteiger partial charge in [0.25, 0.3) is 6.47 Å². The Balaban J connectivity index is 1.65. The molecule has 1 aromatic carbocycles. The average Bonchev–Trinajstić information content (AvgIpc) is 3.42. The molecule has 4 heterocycles. The molecule has 13 heteroatoms. The second-order valence-corrected chi connectivity index (χ2v) is 11.1. The van der Waals surface area contributed by atoms with Crippen LogP contribution in [0.4, 0.5) is 5.13 Å². The smallest absolute Gasteiger partial charge is 0.401 e. The second kappa shape index (κ2) is 12.2.